The minimum absolute atomic E-state index is 0.00128. The second-order valence-corrected chi connectivity index (χ2v) is 7.29. The van der Waals surface area contributed by atoms with Crippen LogP contribution in [0.4, 0.5) is 15.8 Å². The van der Waals surface area contributed by atoms with Gasteiger partial charge in [-0.2, -0.15) is 5.10 Å². The summed E-state index contributed by atoms with van der Waals surface area (Å²) in [6, 6.07) is 10.8. The van der Waals surface area contributed by atoms with Gasteiger partial charge in [0.25, 0.3) is 5.69 Å². The molecule has 1 N–H and O–H groups in total. The Bertz CT molecular complexity index is 883. The van der Waals surface area contributed by atoms with E-state index < -0.39 is 4.92 Å². The average molecular weight is 402 g/mol. The lowest BCUT2D eigenvalue weighted by molar-refractivity contribution is -0.384. The van der Waals surface area contributed by atoms with E-state index in [4.69, 9.17) is 0 Å². The number of amides is 1. The fourth-order valence-electron chi connectivity index (χ4n) is 2.84. The van der Waals surface area contributed by atoms with Crippen LogP contribution in [0.25, 0.3) is 0 Å². The molecular formula is C19H19FN4O3S. The molecule has 146 valence electrons. The molecule has 0 unspecified atom stereocenters. The SMILES string of the molecule is O=C(CSc1ccc([N+](=O)[O-])cc1)N/N=C\c1ccc(N2CCCC2)c(F)c1. The van der Waals surface area contributed by atoms with Gasteiger partial charge in [0.2, 0.25) is 5.91 Å². The number of hydrogen-bond acceptors (Lipinski definition) is 6. The van der Waals surface area contributed by atoms with Crippen LogP contribution in [-0.2, 0) is 4.79 Å². The topological polar surface area (TPSA) is 87.8 Å². The van der Waals surface area contributed by atoms with Crippen molar-refractivity contribution in [2.75, 3.05) is 23.7 Å². The van der Waals surface area contributed by atoms with Crippen LogP contribution < -0.4 is 10.3 Å². The van der Waals surface area contributed by atoms with Crippen LogP contribution in [0.5, 0.6) is 0 Å². The molecule has 1 amide bonds. The third kappa shape index (κ3) is 5.29. The Hall–Kier alpha value is -2.94. The van der Waals surface area contributed by atoms with Gasteiger partial charge < -0.3 is 4.90 Å². The van der Waals surface area contributed by atoms with E-state index in [1.54, 1.807) is 24.3 Å². The van der Waals surface area contributed by atoms with Crippen LogP contribution in [0.3, 0.4) is 0 Å². The van der Waals surface area contributed by atoms with E-state index >= 15 is 0 Å². The van der Waals surface area contributed by atoms with Crippen LogP contribution >= 0.6 is 11.8 Å². The van der Waals surface area contributed by atoms with Crippen molar-refractivity contribution in [2.45, 2.75) is 17.7 Å². The van der Waals surface area contributed by atoms with E-state index in [2.05, 4.69) is 10.5 Å². The summed E-state index contributed by atoms with van der Waals surface area (Å²) in [5.41, 5.74) is 3.54. The molecule has 0 saturated carbocycles. The zero-order valence-electron chi connectivity index (χ0n) is 15.0. The van der Waals surface area contributed by atoms with Gasteiger partial charge in [0.15, 0.2) is 0 Å². The molecule has 0 bridgehead atoms. The van der Waals surface area contributed by atoms with Crippen LogP contribution in [0, 0.1) is 15.9 Å². The van der Waals surface area contributed by atoms with Gasteiger partial charge in [0.1, 0.15) is 5.82 Å². The summed E-state index contributed by atoms with van der Waals surface area (Å²) in [4.78, 5) is 24.7. The van der Waals surface area contributed by atoms with Gasteiger partial charge in [-0.1, -0.05) is 6.07 Å². The minimum Gasteiger partial charge on any atom is -0.369 e. The molecule has 2 aromatic carbocycles. The summed E-state index contributed by atoms with van der Waals surface area (Å²) < 4.78 is 14.2. The van der Waals surface area contributed by atoms with E-state index in [0.29, 0.717) is 11.3 Å². The molecule has 0 atom stereocenters. The largest absolute Gasteiger partial charge is 0.369 e. The molecule has 1 aliphatic rings. The van der Waals surface area contributed by atoms with Crippen molar-refractivity contribution in [1.29, 1.82) is 0 Å². The molecule has 3 rings (SSSR count). The number of benzene rings is 2. The molecule has 0 radical (unpaired) electrons. The van der Waals surface area contributed by atoms with Crippen LogP contribution in [0.15, 0.2) is 52.5 Å². The number of non-ortho nitro benzene ring substituents is 1. The molecule has 2 aromatic rings. The van der Waals surface area contributed by atoms with Crippen molar-refractivity contribution in [1.82, 2.24) is 5.43 Å². The zero-order valence-corrected chi connectivity index (χ0v) is 15.8. The number of anilines is 1. The average Bonchev–Trinajstić information content (AvgIpc) is 3.21. The molecule has 1 aliphatic heterocycles. The van der Waals surface area contributed by atoms with E-state index in [-0.39, 0.29) is 23.2 Å². The molecular weight excluding hydrogens is 383 g/mol. The summed E-state index contributed by atoms with van der Waals surface area (Å²) in [5, 5.41) is 14.5. The molecule has 0 aromatic heterocycles. The zero-order chi connectivity index (χ0) is 19.9. The number of hydrazone groups is 1. The Labute approximate surface area is 165 Å². The fourth-order valence-corrected chi connectivity index (χ4v) is 3.53. The number of nitrogens with zero attached hydrogens (tertiary/aromatic N) is 3. The summed E-state index contributed by atoms with van der Waals surface area (Å²) in [6.07, 6.45) is 3.55. The Kier molecular flexibility index (Phi) is 6.59. The molecule has 28 heavy (non-hydrogen) atoms. The molecule has 0 spiro atoms. The van der Waals surface area contributed by atoms with E-state index in [9.17, 15) is 19.3 Å². The minimum atomic E-state index is -0.476. The highest BCUT2D eigenvalue weighted by Gasteiger charge is 2.15. The Morgan fingerprint density at radius 1 is 1.25 bits per heavy atom. The first kappa shape index (κ1) is 19.8. The summed E-state index contributed by atoms with van der Waals surface area (Å²) in [5.74, 6) is -0.517. The third-order valence-corrected chi connectivity index (χ3v) is 5.25. The highest BCUT2D eigenvalue weighted by atomic mass is 32.2. The lowest BCUT2D eigenvalue weighted by Crippen LogP contribution is -2.20. The van der Waals surface area contributed by atoms with Gasteiger partial charge in [0, 0.05) is 30.1 Å². The van der Waals surface area contributed by atoms with Crippen molar-refractivity contribution in [2.24, 2.45) is 5.10 Å². The van der Waals surface area contributed by atoms with Crippen molar-refractivity contribution in [3.63, 3.8) is 0 Å². The first-order chi connectivity index (χ1) is 13.5. The quantitative estimate of drug-likeness (QED) is 0.331. The number of carbonyl (C=O) groups is 1. The number of hydrogen-bond donors (Lipinski definition) is 1. The van der Waals surface area contributed by atoms with Crippen molar-refractivity contribution in [3.8, 4) is 0 Å². The molecule has 1 saturated heterocycles. The maximum absolute atomic E-state index is 14.2. The Balaban J connectivity index is 1.48. The number of rotatable bonds is 7. The Morgan fingerprint density at radius 2 is 1.96 bits per heavy atom. The van der Waals surface area contributed by atoms with Gasteiger partial charge in [0.05, 0.1) is 22.6 Å². The van der Waals surface area contributed by atoms with Gasteiger partial charge >= 0.3 is 0 Å². The highest BCUT2D eigenvalue weighted by Crippen LogP contribution is 2.24. The normalized spacial score (nSPS) is 13.8. The van der Waals surface area contributed by atoms with Crippen molar-refractivity contribution < 1.29 is 14.1 Å². The van der Waals surface area contributed by atoms with Crippen LogP contribution in [0.1, 0.15) is 18.4 Å². The predicted molar refractivity (Wildman–Crippen MR) is 107 cm³/mol. The second-order valence-electron chi connectivity index (χ2n) is 6.24. The number of nitro benzene ring substituents is 1. The number of carbonyl (C=O) groups excluding carboxylic acids is 1. The van der Waals surface area contributed by atoms with Gasteiger partial charge in [-0.3, -0.25) is 14.9 Å². The molecule has 1 heterocycles. The van der Waals surface area contributed by atoms with Crippen LogP contribution in [0.2, 0.25) is 0 Å². The Morgan fingerprint density at radius 3 is 2.61 bits per heavy atom. The lowest BCUT2D eigenvalue weighted by atomic mass is 10.2. The van der Waals surface area contributed by atoms with Gasteiger partial charge in [-0.25, -0.2) is 9.82 Å². The van der Waals surface area contributed by atoms with E-state index in [1.807, 2.05) is 4.90 Å². The molecule has 7 nitrogen and oxygen atoms in total. The summed E-state index contributed by atoms with van der Waals surface area (Å²) in [7, 11) is 0. The van der Waals surface area contributed by atoms with Crippen molar-refractivity contribution in [3.05, 3.63) is 64.0 Å². The maximum Gasteiger partial charge on any atom is 0.269 e. The summed E-state index contributed by atoms with van der Waals surface area (Å²) >= 11 is 1.24. The monoisotopic (exact) mass is 402 g/mol. The third-order valence-electron chi connectivity index (χ3n) is 4.24. The molecule has 1 fully saturated rings. The van der Waals surface area contributed by atoms with E-state index in [1.165, 1.54) is 36.2 Å². The lowest BCUT2D eigenvalue weighted by Gasteiger charge is -2.18. The maximum atomic E-state index is 14.2. The number of nitro groups is 1. The second kappa shape index (κ2) is 9.32. The standard InChI is InChI=1S/C19H19FN4O3S/c20-17-11-14(3-8-18(17)23-9-1-2-10-23)12-21-22-19(25)13-28-16-6-4-15(5-7-16)24(26)27/h3-8,11-12H,1-2,9-10,13H2,(H,22,25)/b21-12-. The number of thioether (sulfide) groups is 1. The molecule has 0 aliphatic carbocycles. The van der Waals surface area contributed by atoms with Crippen molar-refractivity contribution >= 4 is 35.3 Å². The fraction of sp³-hybridized carbons (Fsp3) is 0.263. The van der Waals surface area contributed by atoms with Gasteiger partial charge in [-0.15, -0.1) is 11.8 Å². The van der Waals surface area contributed by atoms with Gasteiger partial charge in [-0.05, 0) is 42.7 Å². The first-order valence-corrected chi connectivity index (χ1v) is 9.75. The summed E-state index contributed by atoms with van der Waals surface area (Å²) in [6.45, 7) is 1.74. The predicted octanol–water partition coefficient (Wildman–Crippen LogP) is 3.58. The van der Waals surface area contributed by atoms with Crippen LogP contribution in [-0.4, -0.2) is 35.9 Å². The number of halogens is 1. The van der Waals surface area contributed by atoms with E-state index in [0.717, 1.165) is 30.8 Å². The highest BCUT2D eigenvalue weighted by molar-refractivity contribution is 8.00. The molecule has 9 heteroatoms. The first-order valence-electron chi connectivity index (χ1n) is 8.76. The smallest absolute Gasteiger partial charge is 0.269 e. The number of nitrogens with one attached hydrogen (secondary N) is 1.